The van der Waals surface area contributed by atoms with E-state index in [2.05, 4.69) is 11.4 Å². The Morgan fingerprint density at radius 2 is 2.15 bits per heavy atom. The van der Waals surface area contributed by atoms with Gasteiger partial charge in [0.15, 0.2) is 0 Å². The smallest absolute Gasteiger partial charge is 0.122 e. The number of aliphatic hydroxyl groups excluding tert-OH is 1. The molecular weight excluding hydrogens is 274 g/mol. The van der Waals surface area contributed by atoms with Gasteiger partial charge in [-0.25, -0.2) is 0 Å². The zero-order valence-corrected chi connectivity index (χ0v) is 11.7. The van der Waals surface area contributed by atoms with Gasteiger partial charge in [-0.15, -0.1) is 0 Å². The molecule has 4 heteroatoms. The van der Waals surface area contributed by atoms with Crippen molar-refractivity contribution in [2.24, 2.45) is 0 Å². The van der Waals surface area contributed by atoms with Crippen LogP contribution in [0.3, 0.4) is 0 Å². The van der Waals surface area contributed by atoms with Crippen molar-refractivity contribution >= 4 is 17.3 Å². The summed E-state index contributed by atoms with van der Waals surface area (Å²) in [6.07, 6.45) is 0.929. The van der Waals surface area contributed by atoms with Gasteiger partial charge in [-0.2, -0.15) is 0 Å². The fourth-order valence-corrected chi connectivity index (χ4v) is 2.63. The number of hydrogen-bond acceptors (Lipinski definition) is 3. The first-order valence-electron chi connectivity index (χ1n) is 6.65. The summed E-state index contributed by atoms with van der Waals surface area (Å²) in [5.74, 6) is 0.952. The van der Waals surface area contributed by atoms with Crippen molar-refractivity contribution in [3.05, 3.63) is 58.6 Å². The molecule has 0 saturated heterocycles. The Morgan fingerprint density at radius 1 is 1.25 bits per heavy atom. The molecule has 0 spiro atoms. The van der Waals surface area contributed by atoms with Gasteiger partial charge in [-0.05, 0) is 41.5 Å². The highest BCUT2D eigenvalue weighted by Gasteiger charge is 2.16. The molecule has 3 rings (SSSR count). The third-order valence-corrected chi connectivity index (χ3v) is 3.70. The second-order valence-electron chi connectivity index (χ2n) is 4.86. The Kier molecular flexibility index (Phi) is 3.81. The second-order valence-corrected chi connectivity index (χ2v) is 5.29. The highest BCUT2D eigenvalue weighted by Crippen LogP contribution is 2.29. The van der Waals surface area contributed by atoms with E-state index in [9.17, 15) is 5.11 Å². The number of anilines is 1. The summed E-state index contributed by atoms with van der Waals surface area (Å²) in [6.45, 7) is 0.760. The highest BCUT2D eigenvalue weighted by molar-refractivity contribution is 6.30. The van der Waals surface area contributed by atoms with Gasteiger partial charge in [0.1, 0.15) is 5.75 Å². The molecule has 1 unspecified atom stereocenters. The maximum atomic E-state index is 9.63. The van der Waals surface area contributed by atoms with Crippen LogP contribution in [-0.2, 0) is 6.42 Å². The number of benzene rings is 2. The van der Waals surface area contributed by atoms with E-state index in [4.69, 9.17) is 16.3 Å². The molecule has 0 fully saturated rings. The first kappa shape index (κ1) is 13.3. The maximum absolute atomic E-state index is 9.63. The number of nitrogens with one attached hydrogen (secondary N) is 1. The van der Waals surface area contributed by atoms with E-state index < -0.39 is 0 Å². The molecule has 0 aromatic heterocycles. The maximum Gasteiger partial charge on any atom is 0.122 e. The Balaban J connectivity index is 1.83. The number of hydrogen-bond donors (Lipinski definition) is 2. The zero-order valence-electron chi connectivity index (χ0n) is 11.0. The lowest BCUT2D eigenvalue weighted by Gasteiger charge is -2.19. The molecule has 104 valence electrons. The average Bonchev–Trinajstić information content (AvgIpc) is 2.92. The van der Waals surface area contributed by atoms with Crippen LogP contribution < -0.4 is 10.1 Å². The number of rotatable bonds is 4. The van der Waals surface area contributed by atoms with Gasteiger partial charge in [-0.1, -0.05) is 23.7 Å². The van der Waals surface area contributed by atoms with Crippen LogP contribution in [0.1, 0.15) is 17.2 Å². The molecule has 0 radical (unpaired) electrons. The summed E-state index contributed by atoms with van der Waals surface area (Å²) in [7, 11) is 0. The summed E-state index contributed by atoms with van der Waals surface area (Å²) in [5.41, 5.74) is 3.15. The van der Waals surface area contributed by atoms with E-state index in [-0.39, 0.29) is 12.6 Å². The van der Waals surface area contributed by atoms with Crippen molar-refractivity contribution in [2.45, 2.75) is 12.5 Å². The zero-order chi connectivity index (χ0) is 13.9. The fraction of sp³-hybridized carbons (Fsp3) is 0.250. The number of aliphatic hydroxyl groups is 1. The lowest BCUT2D eigenvalue weighted by molar-refractivity contribution is 0.276. The van der Waals surface area contributed by atoms with Gasteiger partial charge < -0.3 is 15.2 Å². The summed E-state index contributed by atoms with van der Waals surface area (Å²) < 4.78 is 5.50. The first-order valence-corrected chi connectivity index (χ1v) is 7.02. The molecule has 2 aromatic rings. The van der Waals surface area contributed by atoms with Crippen molar-refractivity contribution in [3.63, 3.8) is 0 Å². The molecule has 1 aliphatic heterocycles. The van der Waals surface area contributed by atoms with Crippen molar-refractivity contribution in [1.82, 2.24) is 0 Å². The van der Waals surface area contributed by atoms with Gasteiger partial charge in [0, 0.05) is 17.1 Å². The van der Waals surface area contributed by atoms with Crippen LogP contribution in [0.25, 0.3) is 0 Å². The topological polar surface area (TPSA) is 41.5 Å². The van der Waals surface area contributed by atoms with Crippen molar-refractivity contribution in [3.8, 4) is 5.75 Å². The van der Waals surface area contributed by atoms with Crippen LogP contribution in [0, 0.1) is 0 Å². The largest absolute Gasteiger partial charge is 0.493 e. The Labute approximate surface area is 123 Å². The molecule has 20 heavy (non-hydrogen) atoms. The molecule has 0 aliphatic carbocycles. The van der Waals surface area contributed by atoms with Crippen molar-refractivity contribution in [2.75, 3.05) is 18.5 Å². The van der Waals surface area contributed by atoms with E-state index in [1.165, 1.54) is 5.56 Å². The molecule has 1 atom stereocenters. The van der Waals surface area contributed by atoms with E-state index in [0.29, 0.717) is 5.02 Å². The molecule has 1 heterocycles. The van der Waals surface area contributed by atoms with Gasteiger partial charge in [0.05, 0.1) is 19.3 Å². The molecule has 0 bridgehead atoms. The average molecular weight is 290 g/mol. The number of ether oxygens (including phenoxy) is 1. The van der Waals surface area contributed by atoms with E-state index in [0.717, 1.165) is 30.0 Å². The molecule has 0 amide bonds. The molecule has 2 N–H and O–H groups in total. The normalized spacial score (nSPS) is 14.5. The standard InChI is InChI=1S/C16H16ClNO2/c17-13-2-1-3-14(9-13)18-15(10-19)11-4-5-16-12(8-11)6-7-20-16/h1-5,8-9,15,18-19H,6-7,10H2. The third-order valence-electron chi connectivity index (χ3n) is 3.46. The van der Waals surface area contributed by atoms with E-state index >= 15 is 0 Å². The van der Waals surface area contributed by atoms with Crippen LogP contribution in [-0.4, -0.2) is 18.3 Å². The summed E-state index contributed by atoms with van der Waals surface area (Å²) in [5, 5.41) is 13.6. The lowest BCUT2D eigenvalue weighted by Crippen LogP contribution is -2.14. The van der Waals surface area contributed by atoms with Crippen LogP contribution in [0.5, 0.6) is 5.75 Å². The number of halogens is 1. The summed E-state index contributed by atoms with van der Waals surface area (Å²) in [6, 6.07) is 13.4. The van der Waals surface area contributed by atoms with E-state index in [1.54, 1.807) is 0 Å². The van der Waals surface area contributed by atoms with Crippen LogP contribution >= 0.6 is 11.6 Å². The molecule has 1 aliphatic rings. The fourth-order valence-electron chi connectivity index (χ4n) is 2.44. The van der Waals surface area contributed by atoms with E-state index in [1.807, 2.05) is 36.4 Å². The van der Waals surface area contributed by atoms with Gasteiger partial charge in [-0.3, -0.25) is 0 Å². The van der Waals surface area contributed by atoms with Crippen molar-refractivity contribution < 1.29 is 9.84 Å². The minimum atomic E-state index is -0.153. The molecule has 3 nitrogen and oxygen atoms in total. The van der Waals surface area contributed by atoms with Gasteiger partial charge >= 0.3 is 0 Å². The SMILES string of the molecule is OCC(Nc1cccc(Cl)c1)c1ccc2c(c1)CCO2. The molecule has 0 saturated carbocycles. The minimum absolute atomic E-state index is 0.0200. The van der Waals surface area contributed by atoms with Gasteiger partial charge in [0.25, 0.3) is 0 Å². The van der Waals surface area contributed by atoms with Crippen LogP contribution in [0.2, 0.25) is 5.02 Å². The third kappa shape index (κ3) is 2.74. The first-order chi connectivity index (χ1) is 9.76. The van der Waals surface area contributed by atoms with Gasteiger partial charge in [0.2, 0.25) is 0 Å². The Hall–Kier alpha value is -1.71. The van der Waals surface area contributed by atoms with Crippen LogP contribution in [0.15, 0.2) is 42.5 Å². The predicted molar refractivity (Wildman–Crippen MR) is 80.5 cm³/mol. The second kappa shape index (κ2) is 5.73. The number of fused-ring (bicyclic) bond motifs is 1. The van der Waals surface area contributed by atoms with Crippen LogP contribution in [0.4, 0.5) is 5.69 Å². The molecular formula is C16H16ClNO2. The highest BCUT2D eigenvalue weighted by atomic mass is 35.5. The lowest BCUT2D eigenvalue weighted by atomic mass is 10.0. The summed E-state index contributed by atoms with van der Waals surface area (Å²) in [4.78, 5) is 0. The Morgan fingerprint density at radius 3 is 2.95 bits per heavy atom. The minimum Gasteiger partial charge on any atom is -0.493 e. The predicted octanol–water partition coefficient (Wildman–Crippen LogP) is 3.42. The molecule has 2 aromatic carbocycles. The Bertz CT molecular complexity index is 615. The monoisotopic (exact) mass is 289 g/mol. The quantitative estimate of drug-likeness (QED) is 0.906. The van der Waals surface area contributed by atoms with Crippen molar-refractivity contribution in [1.29, 1.82) is 0 Å². The summed E-state index contributed by atoms with van der Waals surface area (Å²) >= 11 is 5.98.